The number of nitrogens with zero attached hydrogens (tertiary/aromatic N) is 2. The van der Waals surface area contributed by atoms with E-state index < -0.39 is 11.7 Å². The fraction of sp³-hybridized carbons (Fsp3) is 0.0625. The molecular formula is C16H13FN4O2. The molecule has 2 N–H and O–H groups in total. The molecule has 0 aliphatic rings. The van der Waals surface area contributed by atoms with Crippen molar-refractivity contribution in [3.63, 3.8) is 0 Å². The lowest BCUT2D eigenvalue weighted by atomic mass is 10.2. The van der Waals surface area contributed by atoms with Gasteiger partial charge in [-0.2, -0.15) is 0 Å². The zero-order chi connectivity index (χ0) is 16.1. The summed E-state index contributed by atoms with van der Waals surface area (Å²) >= 11 is 0. The maximum atomic E-state index is 13.5. The molecule has 0 atom stereocenters. The van der Waals surface area contributed by atoms with Crippen LogP contribution in [0.15, 0.2) is 59.2 Å². The molecule has 116 valence electrons. The van der Waals surface area contributed by atoms with Crippen LogP contribution in [-0.2, 0) is 6.54 Å². The van der Waals surface area contributed by atoms with Crippen LogP contribution in [0.3, 0.4) is 0 Å². The molecule has 6 nitrogen and oxygen atoms in total. The average molecular weight is 312 g/mol. The molecule has 2 heterocycles. The maximum Gasteiger partial charge on any atom is 0.259 e. The fourth-order valence-electron chi connectivity index (χ4n) is 1.91. The molecule has 0 radical (unpaired) electrons. The molecule has 0 saturated carbocycles. The Morgan fingerprint density at radius 2 is 1.83 bits per heavy atom. The van der Waals surface area contributed by atoms with Crippen molar-refractivity contribution in [3.05, 3.63) is 71.9 Å². The average Bonchev–Trinajstić information content (AvgIpc) is 3.08. The third kappa shape index (κ3) is 3.70. The number of carbonyl (C=O) groups excluding carboxylic acids is 1. The number of carbonyl (C=O) groups is 1. The van der Waals surface area contributed by atoms with Crippen LogP contribution in [0.25, 0.3) is 0 Å². The van der Waals surface area contributed by atoms with E-state index >= 15 is 0 Å². The minimum Gasteiger partial charge on any atom is -0.467 e. The van der Waals surface area contributed by atoms with Crippen molar-refractivity contribution in [1.82, 2.24) is 10.2 Å². The van der Waals surface area contributed by atoms with Gasteiger partial charge in [-0.15, -0.1) is 10.2 Å². The van der Waals surface area contributed by atoms with Crippen molar-refractivity contribution in [2.45, 2.75) is 6.54 Å². The number of nitrogens with one attached hydrogen (secondary N) is 2. The van der Waals surface area contributed by atoms with Crippen molar-refractivity contribution in [1.29, 1.82) is 0 Å². The Kier molecular flexibility index (Phi) is 4.28. The van der Waals surface area contributed by atoms with Gasteiger partial charge in [0.2, 0.25) is 0 Å². The van der Waals surface area contributed by atoms with E-state index in [0.717, 1.165) is 5.76 Å². The highest BCUT2D eigenvalue weighted by Gasteiger charge is 2.11. The summed E-state index contributed by atoms with van der Waals surface area (Å²) < 4.78 is 18.7. The van der Waals surface area contributed by atoms with Crippen molar-refractivity contribution in [2.24, 2.45) is 0 Å². The number of rotatable bonds is 5. The lowest BCUT2D eigenvalue weighted by molar-refractivity contribution is 0.102. The topological polar surface area (TPSA) is 80.0 Å². The van der Waals surface area contributed by atoms with Gasteiger partial charge in [0.15, 0.2) is 5.82 Å². The molecule has 1 aromatic carbocycles. The van der Waals surface area contributed by atoms with Gasteiger partial charge in [0.1, 0.15) is 17.4 Å². The Labute approximate surface area is 131 Å². The third-order valence-corrected chi connectivity index (χ3v) is 3.05. The van der Waals surface area contributed by atoms with Crippen LogP contribution in [0.2, 0.25) is 0 Å². The van der Waals surface area contributed by atoms with Crippen LogP contribution in [0.4, 0.5) is 16.0 Å². The number of amides is 1. The number of furan rings is 1. The molecule has 0 aliphatic carbocycles. The fourth-order valence-corrected chi connectivity index (χ4v) is 1.91. The molecule has 3 rings (SSSR count). The smallest absolute Gasteiger partial charge is 0.259 e. The number of aromatic nitrogens is 2. The van der Waals surface area contributed by atoms with Gasteiger partial charge in [-0.1, -0.05) is 12.1 Å². The molecule has 2 aromatic heterocycles. The van der Waals surface area contributed by atoms with Crippen LogP contribution in [0, 0.1) is 5.82 Å². The van der Waals surface area contributed by atoms with Crippen molar-refractivity contribution >= 4 is 17.5 Å². The highest BCUT2D eigenvalue weighted by molar-refractivity contribution is 6.03. The second-order valence-electron chi connectivity index (χ2n) is 4.67. The van der Waals surface area contributed by atoms with E-state index in [-0.39, 0.29) is 11.4 Å². The van der Waals surface area contributed by atoms with Gasteiger partial charge in [0.25, 0.3) is 5.91 Å². The van der Waals surface area contributed by atoms with E-state index in [1.54, 1.807) is 30.5 Å². The summed E-state index contributed by atoms with van der Waals surface area (Å²) in [6.45, 7) is 0.475. The Morgan fingerprint density at radius 3 is 2.52 bits per heavy atom. The molecule has 0 bridgehead atoms. The van der Waals surface area contributed by atoms with Gasteiger partial charge in [-0.3, -0.25) is 4.79 Å². The van der Waals surface area contributed by atoms with E-state index in [1.807, 2.05) is 6.07 Å². The van der Waals surface area contributed by atoms with Gasteiger partial charge in [0, 0.05) is 0 Å². The van der Waals surface area contributed by atoms with Gasteiger partial charge >= 0.3 is 0 Å². The zero-order valence-electron chi connectivity index (χ0n) is 12.0. The third-order valence-electron chi connectivity index (χ3n) is 3.05. The first kappa shape index (κ1) is 14.7. The van der Waals surface area contributed by atoms with Crippen molar-refractivity contribution in [2.75, 3.05) is 10.6 Å². The first-order chi connectivity index (χ1) is 11.2. The Hall–Kier alpha value is -3.22. The molecule has 0 aliphatic heterocycles. The molecule has 3 aromatic rings. The van der Waals surface area contributed by atoms with Crippen molar-refractivity contribution < 1.29 is 13.6 Å². The van der Waals surface area contributed by atoms with E-state index in [4.69, 9.17) is 4.42 Å². The lowest BCUT2D eigenvalue weighted by Crippen LogP contribution is -2.15. The minimum atomic E-state index is -0.588. The van der Waals surface area contributed by atoms with Gasteiger partial charge in [0.05, 0.1) is 18.4 Å². The molecular weight excluding hydrogens is 299 g/mol. The summed E-state index contributed by atoms with van der Waals surface area (Å²) in [5, 5.41) is 13.3. The van der Waals surface area contributed by atoms with Crippen molar-refractivity contribution in [3.8, 4) is 0 Å². The number of hydrogen-bond acceptors (Lipinski definition) is 5. The summed E-state index contributed by atoms with van der Waals surface area (Å²) in [5.41, 5.74) is -0.0469. The van der Waals surface area contributed by atoms with Gasteiger partial charge in [-0.05, 0) is 36.4 Å². The number of halogens is 1. The van der Waals surface area contributed by atoms with Crippen LogP contribution < -0.4 is 10.6 Å². The quantitative estimate of drug-likeness (QED) is 0.757. The predicted octanol–water partition coefficient (Wildman–Crippen LogP) is 3.07. The standard InChI is InChI=1S/C16H13FN4O2/c17-13-6-2-1-5-12(13)16(22)19-15-8-7-14(20-21-15)18-10-11-4-3-9-23-11/h1-9H,10H2,(H,18,20)(H,19,21,22). The lowest BCUT2D eigenvalue weighted by Gasteiger charge is -2.06. The second kappa shape index (κ2) is 6.69. The van der Waals surface area contributed by atoms with Gasteiger partial charge in [-0.25, -0.2) is 4.39 Å². The molecule has 23 heavy (non-hydrogen) atoms. The highest BCUT2D eigenvalue weighted by Crippen LogP contribution is 2.12. The highest BCUT2D eigenvalue weighted by atomic mass is 19.1. The Morgan fingerprint density at radius 1 is 1.04 bits per heavy atom. The largest absolute Gasteiger partial charge is 0.467 e. The summed E-state index contributed by atoms with van der Waals surface area (Å²) in [6.07, 6.45) is 1.59. The van der Waals surface area contributed by atoms with Gasteiger partial charge < -0.3 is 15.1 Å². The Balaban J connectivity index is 1.61. The maximum absolute atomic E-state index is 13.5. The Bertz CT molecular complexity index is 788. The summed E-state index contributed by atoms with van der Waals surface area (Å²) in [4.78, 5) is 12.0. The second-order valence-corrected chi connectivity index (χ2v) is 4.67. The first-order valence-electron chi connectivity index (χ1n) is 6.88. The molecule has 0 fully saturated rings. The summed E-state index contributed by atoms with van der Waals surface area (Å²) in [5.74, 6) is 0.374. The SMILES string of the molecule is O=C(Nc1ccc(NCc2ccco2)nn1)c1ccccc1F. The first-order valence-corrected chi connectivity index (χ1v) is 6.88. The molecule has 0 spiro atoms. The zero-order valence-corrected chi connectivity index (χ0v) is 12.0. The van der Waals surface area contributed by atoms with Crippen LogP contribution >= 0.6 is 0 Å². The minimum absolute atomic E-state index is 0.0469. The molecule has 7 heteroatoms. The summed E-state index contributed by atoms with van der Waals surface area (Å²) in [6, 6.07) is 12.6. The van der Waals surface area contributed by atoms with E-state index in [9.17, 15) is 9.18 Å². The normalized spacial score (nSPS) is 10.3. The van der Waals surface area contributed by atoms with Crippen LogP contribution in [0.1, 0.15) is 16.1 Å². The number of hydrogen-bond donors (Lipinski definition) is 2. The molecule has 1 amide bonds. The van der Waals surface area contributed by atoms with E-state index in [0.29, 0.717) is 12.4 Å². The summed E-state index contributed by atoms with van der Waals surface area (Å²) in [7, 11) is 0. The number of benzene rings is 1. The van der Waals surface area contributed by atoms with E-state index in [1.165, 1.54) is 18.2 Å². The predicted molar refractivity (Wildman–Crippen MR) is 82.4 cm³/mol. The van der Waals surface area contributed by atoms with Crippen LogP contribution in [-0.4, -0.2) is 16.1 Å². The molecule has 0 saturated heterocycles. The van der Waals surface area contributed by atoms with E-state index in [2.05, 4.69) is 20.8 Å². The monoisotopic (exact) mass is 312 g/mol. The number of anilines is 2. The van der Waals surface area contributed by atoms with Crippen LogP contribution in [0.5, 0.6) is 0 Å². The molecule has 0 unspecified atom stereocenters.